The summed E-state index contributed by atoms with van der Waals surface area (Å²) in [5.41, 5.74) is 0.808. The fourth-order valence-electron chi connectivity index (χ4n) is 2.54. The van der Waals surface area contributed by atoms with Gasteiger partial charge in [-0.15, -0.1) is 0 Å². The second-order valence-electron chi connectivity index (χ2n) is 5.55. The molecule has 1 fully saturated rings. The minimum atomic E-state index is -0.431. The number of piperazine rings is 1. The minimum Gasteiger partial charge on any atom is -0.497 e. The third kappa shape index (κ3) is 3.01. The first-order chi connectivity index (χ1) is 9.95. The summed E-state index contributed by atoms with van der Waals surface area (Å²) in [5, 5.41) is 0. The molecular weight excluding hydrogens is 268 g/mol. The van der Waals surface area contributed by atoms with Gasteiger partial charge < -0.3 is 14.5 Å². The molecule has 0 aromatic heterocycles. The number of hydrogen-bond acceptors (Lipinski definition) is 3. The molecule has 0 spiro atoms. The van der Waals surface area contributed by atoms with E-state index < -0.39 is 6.04 Å². The predicted molar refractivity (Wildman–Crippen MR) is 81.4 cm³/mol. The van der Waals surface area contributed by atoms with E-state index in [9.17, 15) is 9.59 Å². The van der Waals surface area contributed by atoms with E-state index in [1.54, 1.807) is 23.8 Å². The van der Waals surface area contributed by atoms with E-state index in [1.165, 1.54) is 0 Å². The molecule has 21 heavy (non-hydrogen) atoms. The SMILES string of the molecule is COc1cccc(N2CCN(C(=O)C(C)C)[C@H](C)C2=O)c1. The van der Waals surface area contributed by atoms with Crippen LogP contribution in [0.5, 0.6) is 5.75 Å². The predicted octanol–water partition coefficient (Wildman–Crippen LogP) is 1.91. The molecular formula is C16H22N2O3. The Hall–Kier alpha value is -2.04. The van der Waals surface area contributed by atoms with Gasteiger partial charge in [-0.25, -0.2) is 0 Å². The average Bonchev–Trinajstić information content (AvgIpc) is 2.49. The van der Waals surface area contributed by atoms with Crippen LogP contribution in [-0.2, 0) is 9.59 Å². The number of ether oxygens (including phenoxy) is 1. The van der Waals surface area contributed by atoms with Crippen LogP contribution in [0.1, 0.15) is 20.8 Å². The Bertz CT molecular complexity index is 542. The van der Waals surface area contributed by atoms with Crippen LogP contribution < -0.4 is 9.64 Å². The lowest BCUT2D eigenvalue weighted by Gasteiger charge is -2.39. The standard InChI is InChI=1S/C16H22N2O3/c1-11(2)15(19)17-8-9-18(16(20)12(17)3)13-6-5-7-14(10-13)21-4/h5-7,10-12H,8-9H2,1-4H3/t12-/m1/s1. The molecule has 1 aromatic carbocycles. The van der Waals surface area contributed by atoms with Crippen molar-refractivity contribution >= 4 is 17.5 Å². The molecule has 114 valence electrons. The molecule has 0 aliphatic carbocycles. The highest BCUT2D eigenvalue weighted by Crippen LogP contribution is 2.25. The van der Waals surface area contributed by atoms with Crippen molar-refractivity contribution in [3.05, 3.63) is 24.3 Å². The van der Waals surface area contributed by atoms with Crippen molar-refractivity contribution in [2.75, 3.05) is 25.1 Å². The van der Waals surface area contributed by atoms with Crippen LogP contribution in [0.25, 0.3) is 0 Å². The molecule has 5 heteroatoms. The molecule has 1 aromatic rings. The lowest BCUT2D eigenvalue weighted by Crippen LogP contribution is -2.58. The van der Waals surface area contributed by atoms with Gasteiger partial charge in [-0.3, -0.25) is 9.59 Å². The van der Waals surface area contributed by atoms with E-state index in [1.807, 2.05) is 38.1 Å². The zero-order valence-corrected chi connectivity index (χ0v) is 13.0. The van der Waals surface area contributed by atoms with Crippen LogP contribution >= 0.6 is 0 Å². The van der Waals surface area contributed by atoms with Crippen molar-refractivity contribution in [2.24, 2.45) is 5.92 Å². The smallest absolute Gasteiger partial charge is 0.249 e. The normalized spacial score (nSPS) is 19.1. The van der Waals surface area contributed by atoms with E-state index in [2.05, 4.69) is 0 Å². The zero-order chi connectivity index (χ0) is 15.6. The highest BCUT2D eigenvalue weighted by Gasteiger charge is 2.35. The van der Waals surface area contributed by atoms with Gasteiger partial charge in [0.1, 0.15) is 11.8 Å². The molecule has 0 N–H and O–H groups in total. The monoisotopic (exact) mass is 290 g/mol. The summed E-state index contributed by atoms with van der Waals surface area (Å²) in [6.45, 7) is 6.56. The van der Waals surface area contributed by atoms with Gasteiger partial charge in [-0.1, -0.05) is 19.9 Å². The summed E-state index contributed by atoms with van der Waals surface area (Å²) in [5.74, 6) is 0.599. The van der Waals surface area contributed by atoms with Crippen LogP contribution in [0, 0.1) is 5.92 Å². The Morgan fingerprint density at radius 1 is 1.33 bits per heavy atom. The minimum absolute atomic E-state index is 0.0288. The van der Waals surface area contributed by atoms with Gasteiger partial charge in [-0.05, 0) is 19.1 Å². The van der Waals surface area contributed by atoms with E-state index >= 15 is 0 Å². The van der Waals surface area contributed by atoms with Crippen LogP contribution in [-0.4, -0.2) is 43.0 Å². The highest BCUT2D eigenvalue weighted by atomic mass is 16.5. The van der Waals surface area contributed by atoms with Crippen molar-refractivity contribution in [3.63, 3.8) is 0 Å². The van der Waals surface area contributed by atoms with Crippen molar-refractivity contribution in [1.82, 2.24) is 4.90 Å². The number of anilines is 1. The van der Waals surface area contributed by atoms with Gasteiger partial charge in [0.2, 0.25) is 11.8 Å². The van der Waals surface area contributed by atoms with Gasteiger partial charge in [0, 0.05) is 30.8 Å². The van der Waals surface area contributed by atoms with E-state index in [0.717, 1.165) is 5.69 Å². The molecule has 0 saturated carbocycles. The molecule has 0 bridgehead atoms. The fraction of sp³-hybridized carbons (Fsp3) is 0.500. The number of rotatable bonds is 3. The maximum atomic E-state index is 12.6. The van der Waals surface area contributed by atoms with Gasteiger partial charge in [0.05, 0.1) is 7.11 Å². The number of nitrogens with zero attached hydrogens (tertiary/aromatic N) is 2. The third-order valence-corrected chi connectivity index (χ3v) is 3.80. The van der Waals surface area contributed by atoms with Gasteiger partial charge in [0.15, 0.2) is 0 Å². The highest BCUT2D eigenvalue weighted by molar-refractivity contribution is 6.00. The van der Waals surface area contributed by atoms with Crippen LogP contribution in [0.3, 0.4) is 0 Å². The average molecular weight is 290 g/mol. The molecule has 1 saturated heterocycles. The first-order valence-electron chi connectivity index (χ1n) is 7.21. The summed E-state index contributed by atoms with van der Waals surface area (Å²) < 4.78 is 5.20. The third-order valence-electron chi connectivity index (χ3n) is 3.80. The molecule has 1 aliphatic heterocycles. The molecule has 5 nitrogen and oxygen atoms in total. The maximum absolute atomic E-state index is 12.6. The summed E-state index contributed by atoms with van der Waals surface area (Å²) in [4.78, 5) is 28.1. The number of amides is 2. The first kappa shape index (κ1) is 15.4. The summed E-state index contributed by atoms with van der Waals surface area (Å²) in [7, 11) is 1.60. The number of hydrogen-bond donors (Lipinski definition) is 0. The van der Waals surface area contributed by atoms with Gasteiger partial charge in [0.25, 0.3) is 0 Å². The largest absolute Gasteiger partial charge is 0.497 e. The molecule has 0 radical (unpaired) electrons. The quantitative estimate of drug-likeness (QED) is 0.854. The summed E-state index contributed by atoms with van der Waals surface area (Å²) in [6, 6.07) is 6.99. The second-order valence-corrected chi connectivity index (χ2v) is 5.55. The second kappa shape index (κ2) is 6.16. The Kier molecular flexibility index (Phi) is 4.50. The topological polar surface area (TPSA) is 49.9 Å². The van der Waals surface area contributed by atoms with Crippen molar-refractivity contribution < 1.29 is 14.3 Å². The van der Waals surface area contributed by atoms with Gasteiger partial charge >= 0.3 is 0 Å². The Morgan fingerprint density at radius 2 is 2.05 bits per heavy atom. The van der Waals surface area contributed by atoms with Crippen molar-refractivity contribution in [1.29, 1.82) is 0 Å². The molecule has 1 heterocycles. The van der Waals surface area contributed by atoms with Crippen LogP contribution in [0.15, 0.2) is 24.3 Å². The Morgan fingerprint density at radius 3 is 2.67 bits per heavy atom. The molecule has 2 amide bonds. The number of carbonyl (C=O) groups excluding carboxylic acids is 2. The summed E-state index contributed by atoms with van der Waals surface area (Å²) >= 11 is 0. The lowest BCUT2D eigenvalue weighted by molar-refractivity contribution is -0.143. The van der Waals surface area contributed by atoms with E-state index in [4.69, 9.17) is 4.74 Å². The van der Waals surface area contributed by atoms with Crippen LogP contribution in [0.4, 0.5) is 5.69 Å². The molecule has 0 unspecified atom stereocenters. The van der Waals surface area contributed by atoms with E-state index in [-0.39, 0.29) is 17.7 Å². The maximum Gasteiger partial charge on any atom is 0.249 e. The summed E-state index contributed by atoms with van der Waals surface area (Å²) in [6.07, 6.45) is 0. The fourth-order valence-corrected chi connectivity index (χ4v) is 2.54. The number of carbonyl (C=O) groups is 2. The van der Waals surface area contributed by atoms with E-state index in [0.29, 0.717) is 18.8 Å². The molecule has 2 rings (SSSR count). The van der Waals surface area contributed by atoms with Crippen LogP contribution in [0.2, 0.25) is 0 Å². The Balaban J connectivity index is 2.19. The zero-order valence-electron chi connectivity index (χ0n) is 13.0. The Labute approximate surface area is 125 Å². The lowest BCUT2D eigenvalue weighted by atomic mass is 10.1. The van der Waals surface area contributed by atoms with Crippen molar-refractivity contribution in [3.8, 4) is 5.75 Å². The molecule has 1 atom stereocenters. The van der Waals surface area contributed by atoms with Crippen molar-refractivity contribution in [2.45, 2.75) is 26.8 Å². The number of methoxy groups -OCH3 is 1. The molecule has 1 aliphatic rings. The van der Waals surface area contributed by atoms with Gasteiger partial charge in [-0.2, -0.15) is 0 Å². The first-order valence-corrected chi connectivity index (χ1v) is 7.21. The number of benzene rings is 1.